The van der Waals surface area contributed by atoms with E-state index >= 15 is 0 Å². The number of esters is 1. The van der Waals surface area contributed by atoms with Crippen LogP contribution in [0.3, 0.4) is 0 Å². The Morgan fingerprint density at radius 1 is 1.16 bits per heavy atom. The fourth-order valence-corrected chi connectivity index (χ4v) is 5.21. The van der Waals surface area contributed by atoms with Gasteiger partial charge in [-0.2, -0.15) is 0 Å². The van der Waals surface area contributed by atoms with E-state index < -0.39 is 0 Å². The number of ether oxygens (including phenoxy) is 1. The Balaban J connectivity index is 1.35. The number of fused-ring (bicyclic) bond motifs is 3. The Morgan fingerprint density at radius 3 is 2.62 bits per heavy atom. The number of nitrogens with zero attached hydrogens (tertiary/aromatic N) is 3. The van der Waals surface area contributed by atoms with E-state index in [9.17, 15) is 14.7 Å². The molecular weight excluding hydrogens is 426 g/mol. The summed E-state index contributed by atoms with van der Waals surface area (Å²) in [5, 5.41) is 9.49. The normalized spacial score (nSPS) is 14.8. The molecule has 3 heterocycles. The van der Waals surface area contributed by atoms with Gasteiger partial charge in [0.05, 0.1) is 28.4 Å². The van der Waals surface area contributed by atoms with Crippen LogP contribution in [0.5, 0.6) is 5.75 Å². The van der Waals surface area contributed by atoms with Crippen molar-refractivity contribution in [3.8, 4) is 17.0 Å². The second-order valence-electron chi connectivity index (χ2n) is 7.93. The first-order valence-corrected chi connectivity index (χ1v) is 11.5. The van der Waals surface area contributed by atoms with E-state index in [2.05, 4.69) is 0 Å². The zero-order valence-electron chi connectivity index (χ0n) is 17.7. The zero-order valence-corrected chi connectivity index (χ0v) is 18.5. The number of hydrogen-bond donors (Lipinski definition) is 1. The largest absolute Gasteiger partial charge is 0.508 e. The van der Waals surface area contributed by atoms with Gasteiger partial charge in [0.15, 0.2) is 4.96 Å². The van der Waals surface area contributed by atoms with E-state index in [4.69, 9.17) is 9.72 Å². The molecule has 1 amide bonds. The van der Waals surface area contributed by atoms with Gasteiger partial charge in [0.2, 0.25) is 0 Å². The monoisotopic (exact) mass is 449 g/mol. The molecule has 0 saturated carbocycles. The molecule has 164 valence electrons. The molecule has 0 bridgehead atoms. The Labute approximate surface area is 188 Å². The number of phenols is 1. The molecule has 0 unspecified atom stereocenters. The number of hydrogen-bond acceptors (Lipinski definition) is 6. The van der Waals surface area contributed by atoms with Crippen LogP contribution in [0.15, 0.2) is 48.7 Å². The second kappa shape index (κ2) is 8.27. The van der Waals surface area contributed by atoms with E-state index in [-0.39, 0.29) is 23.5 Å². The smallest absolute Gasteiger partial charge is 0.309 e. The van der Waals surface area contributed by atoms with Crippen LogP contribution in [0.1, 0.15) is 30.1 Å². The number of likely N-dealkylation sites (tertiary alicyclic amines) is 1. The predicted octanol–water partition coefficient (Wildman–Crippen LogP) is 4.34. The maximum absolute atomic E-state index is 13.0. The molecular formula is C24H23N3O4S. The molecule has 0 radical (unpaired) electrons. The molecule has 32 heavy (non-hydrogen) atoms. The number of amides is 1. The average molecular weight is 450 g/mol. The number of imidazole rings is 1. The van der Waals surface area contributed by atoms with E-state index in [1.165, 1.54) is 11.3 Å². The number of rotatable bonds is 4. The van der Waals surface area contributed by atoms with Crippen molar-refractivity contribution in [3.05, 3.63) is 54.2 Å². The number of piperidine rings is 1. The molecule has 1 aliphatic rings. The lowest BCUT2D eigenvalue weighted by Gasteiger charge is -2.31. The van der Waals surface area contributed by atoms with Gasteiger partial charge in [0, 0.05) is 30.4 Å². The van der Waals surface area contributed by atoms with Crippen molar-refractivity contribution in [2.45, 2.75) is 19.8 Å². The number of carbonyl (C=O) groups excluding carboxylic acids is 2. The summed E-state index contributed by atoms with van der Waals surface area (Å²) < 4.78 is 8.14. The number of thiazole rings is 1. The van der Waals surface area contributed by atoms with Gasteiger partial charge in [0.1, 0.15) is 5.75 Å². The summed E-state index contributed by atoms with van der Waals surface area (Å²) in [6.45, 7) is 3.32. The summed E-state index contributed by atoms with van der Waals surface area (Å²) in [7, 11) is 0. The highest BCUT2D eigenvalue weighted by Gasteiger charge is 2.28. The third-order valence-corrected chi connectivity index (χ3v) is 6.92. The van der Waals surface area contributed by atoms with Crippen LogP contribution in [-0.2, 0) is 9.53 Å². The molecule has 0 spiro atoms. The number of aromatic nitrogens is 2. The van der Waals surface area contributed by atoms with E-state index in [0.717, 1.165) is 26.4 Å². The number of benzene rings is 2. The van der Waals surface area contributed by atoms with E-state index in [0.29, 0.717) is 38.1 Å². The lowest BCUT2D eigenvalue weighted by molar-refractivity contribution is -0.149. The minimum absolute atomic E-state index is 0.00923. The summed E-state index contributed by atoms with van der Waals surface area (Å²) in [5.74, 6) is -0.0588. The van der Waals surface area contributed by atoms with Crippen LogP contribution >= 0.6 is 11.3 Å². The quantitative estimate of drug-likeness (QED) is 0.469. The van der Waals surface area contributed by atoms with Crippen molar-refractivity contribution in [3.63, 3.8) is 0 Å². The van der Waals surface area contributed by atoms with Crippen LogP contribution < -0.4 is 0 Å². The topological polar surface area (TPSA) is 84.1 Å². The van der Waals surface area contributed by atoms with Crippen molar-refractivity contribution in [2.75, 3.05) is 19.7 Å². The fraction of sp³-hybridized carbons (Fsp3) is 0.292. The highest BCUT2D eigenvalue weighted by Crippen LogP contribution is 2.31. The molecule has 0 atom stereocenters. The molecule has 1 aliphatic heterocycles. The Kier molecular flexibility index (Phi) is 5.30. The van der Waals surface area contributed by atoms with Gasteiger partial charge in [0.25, 0.3) is 5.91 Å². The van der Waals surface area contributed by atoms with Crippen molar-refractivity contribution >= 4 is 38.4 Å². The molecule has 8 heteroatoms. The second-order valence-corrected chi connectivity index (χ2v) is 8.94. The molecule has 2 aromatic carbocycles. The minimum Gasteiger partial charge on any atom is -0.508 e. The molecule has 5 rings (SSSR count). The number of phenolic OH excluding ortho intramolecular Hbond substituents is 1. The Bertz CT molecular complexity index is 1300. The maximum atomic E-state index is 13.0. The SMILES string of the molecule is CCOC(=O)C1CCN(C(=O)c2ccc3c(c2)sc2nc(-c4ccc(O)cc4)cn23)CC1. The Hall–Kier alpha value is -3.39. The highest BCUT2D eigenvalue weighted by atomic mass is 32.1. The number of aromatic hydroxyl groups is 1. The fourth-order valence-electron chi connectivity index (χ4n) is 4.17. The lowest BCUT2D eigenvalue weighted by Crippen LogP contribution is -2.40. The van der Waals surface area contributed by atoms with Gasteiger partial charge < -0.3 is 14.7 Å². The Morgan fingerprint density at radius 2 is 1.91 bits per heavy atom. The molecule has 1 saturated heterocycles. The van der Waals surface area contributed by atoms with Gasteiger partial charge in [-0.05, 0) is 62.2 Å². The molecule has 4 aromatic rings. The van der Waals surface area contributed by atoms with Gasteiger partial charge in [-0.25, -0.2) is 4.98 Å². The zero-order chi connectivity index (χ0) is 22.2. The third-order valence-electron chi connectivity index (χ3n) is 5.91. The standard InChI is InChI=1S/C24H23N3O4S/c1-2-31-23(30)16-9-11-26(12-10-16)22(29)17-5-8-20-21(13-17)32-24-25-19(14-27(20)24)15-3-6-18(28)7-4-15/h3-8,13-14,16,28H,2,9-12H2,1H3. The highest BCUT2D eigenvalue weighted by molar-refractivity contribution is 7.23. The van der Waals surface area contributed by atoms with Crippen LogP contribution in [0.4, 0.5) is 0 Å². The third kappa shape index (κ3) is 3.71. The van der Waals surface area contributed by atoms with Crippen molar-refractivity contribution in [2.24, 2.45) is 5.92 Å². The molecule has 0 aliphatic carbocycles. The molecule has 2 aromatic heterocycles. The molecule has 1 fully saturated rings. The average Bonchev–Trinajstić information content (AvgIpc) is 3.37. The molecule has 7 nitrogen and oxygen atoms in total. The van der Waals surface area contributed by atoms with E-state index in [1.807, 2.05) is 52.8 Å². The first-order valence-electron chi connectivity index (χ1n) is 10.7. The van der Waals surface area contributed by atoms with Gasteiger partial charge in [-0.3, -0.25) is 14.0 Å². The van der Waals surface area contributed by atoms with E-state index in [1.54, 1.807) is 12.1 Å². The summed E-state index contributed by atoms with van der Waals surface area (Å²) >= 11 is 1.54. The minimum atomic E-state index is -0.158. The van der Waals surface area contributed by atoms with Crippen LogP contribution in [0, 0.1) is 5.92 Å². The predicted molar refractivity (Wildman–Crippen MR) is 123 cm³/mol. The van der Waals surface area contributed by atoms with Crippen molar-refractivity contribution in [1.29, 1.82) is 0 Å². The summed E-state index contributed by atoms with van der Waals surface area (Å²) in [4.78, 5) is 32.4. The van der Waals surface area contributed by atoms with Crippen LogP contribution in [0.2, 0.25) is 0 Å². The van der Waals surface area contributed by atoms with Gasteiger partial charge >= 0.3 is 5.97 Å². The van der Waals surface area contributed by atoms with Crippen molar-refractivity contribution < 1.29 is 19.4 Å². The first-order chi connectivity index (χ1) is 15.5. The van der Waals surface area contributed by atoms with Crippen LogP contribution in [0.25, 0.3) is 26.4 Å². The summed E-state index contributed by atoms with van der Waals surface area (Å²) in [6, 6.07) is 12.7. The molecule has 1 N–H and O–H groups in total. The lowest BCUT2D eigenvalue weighted by atomic mass is 9.96. The van der Waals surface area contributed by atoms with Gasteiger partial charge in [-0.1, -0.05) is 11.3 Å². The van der Waals surface area contributed by atoms with Crippen molar-refractivity contribution in [1.82, 2.24) is 14.3 Å². The summed E-state index contributed by atoms with van der Waals surface area (Å²) in [6.07, 6.45) is 3.25. The van der Waals surface area contributed by atoms with Crippen LogP contribution in [-0.4, -0.2) is 51.0 Å². The summed E-state index contributed by atoms with van der Waals surface area (Å²) in [5.41, 5.74) is 3.42. The number of carbonyl (C=O) groups is 2. The first kappa shape index (κ1) is 20.5. The van der Waals surface area contributed by atoms with Gasteiger partial charge in [-0.15, -0.1) is 0 Å². The maximum Gasteiger partial charge on any atom is 0.309 e.